The summed E-state index contributed by atoms with van der Waals surface area (Å²) in [5.41, 5.74) is 9.73. The van der Waals surface area contributed by atoms with Crippen molar-refractivity contribution >= 4 is 0 Å². The van der Waals surface area contributed by atoms with E-state index in [1.54, 1.807) is 13.0 Å². The van der Waals surface area contributed by atoms with Crippen LogP contribution in [0.25, 0.3) is 10.4 Å². The van der Waals surface area contributed by atoms with Crippen molar-refractivity contribution in [1.29, 1.82) is 0 Å². The molecule has 0 unspecified atom stereocenters. The van der Waals surface area contributed by atoms with Gasteiger partial charge in [-0.15, -0.1) is 0 Å². The molecule has 0 bridgehead atoms. The fourth-order valence-corrected chi connectivity index (χ4v) is 1.31. The second-order valence-corrected chi connectivity index (χ2v) is 3.08. The summed E-state index contributed by atoms with van der Waals surface area (Å²) in [6, 6.07) is 5.05. The Hall–Kier alpha value is -1.54. The quantitative estimate of drug-likeness (QED) is 0.304. The molecule has 0 aliphatic heterocycles. The van der Waals surface area contributed by atoms with Crippen molar-refractivity contribution in [3.63, 3.8) is 0 Å². The van der Waals surface area contributed by atoms with Crippen molar-refractivity contribution in [2.75, 3.05) is 6.54 Å². The average Bonchev–Trinajstić information content (AvgIpc) is 2.19. The third-order valence-corrected chi connectivity index (χ3v) is 2.15. The van der Waals surface area contributed by atoms with Gasteiger partial charge in [0.2, 0.25) is 0 Å². The Morgan fingerprint density at radius 1 is 1.50 bits per heavy atom. The number of rotatable bonds is 4. The maximum Gasteiger partial charge on any atom is 0.126 e. The first-order valence-corrected chi connectivity index (χ1v) is 4.50. The smallest absolute Gasteiger partial charge is 0.126 e. The molecule has 1 rings (SSSR count). The lowest BCUT2D eigenvalue weighted by molar-refractivity contribution is 0.614. The van der Waals surface area contributed by atoms with E-state index in [0.717, 1.165) is 18.4 Å². The summed E-state index contributed by atoms with van der Waals surface area (Å²) in [5, 5.41) is 3.43. The molecule has 14 heavy (non-hydrogen) atoms. The maximum absolute atomic E-state index is 13.1. The highest BCUT2D eigenvalue weighted by Gasteiger charge is 2.01. The maximum atomic E-state index is 13.1. The fourth-order valence-electron chi connectivity index (χ4n) is 1.31. The molecule has 0 atom stereocenters. The van der Waals surface area contributed by atoms with Gasteiger partial charge in [0.05, 0.1) is 0 Å². The van der Waals surface area contributed by atoms with Crippen molar-refractivity contribution < 1.29 is 4.39 Å². The molecule has 0 heterocycles. The van der Waals surface area contributed by atoms with Gasteiger partial charge in [-0.05, 0) is 42.5 Å². The van der Waals surface area contributed by atoms with Crippen molar-refractivity contribution in [1.82, 2.24) is 0 Å². The number of hydrogen-bond donors (Lipinski definition) is 0. The molecule has 3 nitrogen and oxygen atoms in total. The monoisotopic (exact) mass is 193 g/mol. The first-order valence-electron chi connectivity index (χ1n) is 4.50. The third-order valence-electron chi connectivity index (χ3n) is 2.15. The molecular weight excluding hydrogens is 181 g/mol. The Balaban J connectivity index is 2.58. The molecule has 0 radical (unpaired) electrons. The highest BCUT2D eigenvalue weighted by Crippen LogP contribution is 2.13. The van der Waals surface area contributed by atoms with Crippen LogP contribution in [0.4, 0.5) is 4.39 Å². The topological polar surface area (TPSA) is 48.8 Å². The molecular formula is C10H12FN3. The van der Waals surface area contributed by atoms with Crippen molar-refractivity contribution in [2.24, 2.45) is 5.11 Å². The zero-order chi connectivity index (χ0) is 10.4. The average molecular weight is 193 g/mol. The molecule has 0 spiro atoms. The summed E-state index contributed by atoms with van der Waals surface area (Å²) in [6.07, 6.45) is 1.51. The largest absolute Gasteiger partial charge is 0.207 e. The van der Waals surface area contributed by atoms with E-state index < -0.39 is 0 Å². The minimum Gasteiger partial charge on any atom is -0.207 e. The van der Waals surface area contributed by atoms with E-state index in [2.05, 4.69) is 10.0 Å². The minimum absolute atomic E-state index is 0.175. The number of benzene rings is 1. The molecule has 1 aromatic carbocycles. The van der Waals surface area contributed by atoms with Crippen LogP contribution in [0.3, 0.4) is 0 Å². The Bertz CT molecular complexity index is 356. The predicted octanol–water partition coefficient (Wildman–Crippen LogP) is 3.38. The van der Waals surface area contributed by atoms with Crippen LogP contribution in [0.15, 0.2) is 23.3 Å². The van der Waals surface area contributed by atoms with E-state index in [-0.39, 0.29) is 5.82 Å². The molecule has 0 fully saturated rings. The number of aryl methyl sites for hydroxylation is 1. The fraction of sp³-hybridized carbons (Fsp3) is 0.400. The van der Waals surface area contributed by atoms with Crippen LogP contribution in [0.1, 0.15) is 17.5 Å². The zero-order valence-electron chi connectivity index (χ0n) is 8.07. The summed E-state index contributed by atoms with van der Waals surface area (Å²) < 4.78 is 13.1. The third kappa shape index (κ3) is 2.75. The highest BCUT2D eigenvalue weighted by molar-refractivity contribution is 5.27. The van der Waals surface area contributed by atoms with Crippen LogP contribution < -0.4 is 0 Å². The Labute approximate surface area is 82.2 Å². The van der Waals surface area contributed by atoms with Crippen LogP contribution in [-0.2, 0) is 6.42 Å². The Morgan fingerprint density at radius 2 is 2.29 bits per heavy atom. The molecule has 0 aromatic heterocycles. The first kappa shape index (κ1) is 10.5. The molecule has 0 saturated heterocycles. The van der Waals surface area contributed by atoms with Crippen LogP contribution in [0.2, 0.25) is 0 Å². The van der Waals surface area contributed by atoms with Gasteiger partial charge in [0.15, 0.2) is 0 Å². The van der Waals surface area contributed by atoms with E-state index in [1.807, 2.05) is 6.07 Å². The van der Waals surface area contributed by atoms with Crippen LogP contribution in [0.5, 0.6) is 0 Å². The summed E-state index contributed by atoms with van der Waals surface area (Å²) >= 11 is 0. The summed E-state index contributed by atoms with van der Waals surface area (Å²) in [5.74, 6) is -0.175. The second kappa shape index (κ2) is 5.25. The SMILES string of the molecule is Cc1c(F)cccc1CCCN=[N+]=[N-]. The van der Waals surface area contributed by atoms with Gasteiger partial charge < -0.3 is 0 Å². The highest BCUT2D eigenvalue weighted by atomic mass is 19.1. The van der Waals surface area contributed by atoms with E-state index in [0.29, 0.717) is 12.1 Å². The number of azide groups is 1. The normalized spacial score (nSPS) is 9.57. The van der Waals surface area contributed by atoms with Crippen molar-refractivity contribution in [3.8, 4) is 0 Å². The van der Waals surface area contributed by atoms with Crippen LogP contribution in [0, 0.1) is 12.7 Å². The van der Waals surface area contributed by atoms with E-state index in [1.165, 1.54) is 6.07 Å². The van der Waals surface area contributed by atoms with Crippen molar-refractivity contribution in [3.05, 3.63) is 45.6 Å². The van der Waals surface area contributed by atoms with Gasteiger partial charge in [-0.25, -0.2) is 4.39 Å². The minimum atomic E-state index is -0.175. The summed E-state index contributed by atoms with van der Waals surface area (Å²) in [6.45, 7) is 2.23. The molecule has 74 valence electrons. The van der Waals surface area contributed by atoms with Gasteiger partial charge >= 0.3 is 0 Å². The molecule has 0 aliphatic carbocycles. The summed E-state index contributed by atoms with van der Waals surface area (Å²) in [7, 11) is 0. The van der Waals surface area contributed by atoms with Gasteiger partial charge in [-0.1, -0.05) is 17.2 Å². The Kier molecular flexibility index (Phi) is 3.95. The number of nitrogens with zero attached hydrogens (tertiary/aromatic N) is 3. The van der Waals surface area contributed by atoms with Gasteiger partial charge in [0.25, 0.3) is 0 Å². The summed E-state index contributed by atoms with van der Waals surface area (Å²) in [4.78, 5) is 2.66. The van der Waals surface area contributed by atoms with Crippen LogP contribution >= 0.6 is 0 Å². The lowest BCUT2D eigenvalue weighted by atomic mass is 10.0. The van der Waals surface area contributed by atoms with Crippen molar-refractivity contribution in [2.45, 2.75) is 19.8 Å². The van der Waals surface area contributed by atoms with E-state index in [9.17, 15) is 4.39 Å². The second-order valence-electron chi connectivity index (χ2n) is 3.08. The molecule has 4 heteroatoms. The molecule has 0 amide bonds. The molecule has 0 N–H and O–H groups in total. The van der Waals surface area contributed by atoms with E-state index >= 15 is 0 Å². The lowest BCUT2D eigenvalue weighted by Gasteiger charge is -2.04. The molecule has 1 aromatic rings. The molecule has 0 aliphatic rings. The zero-order valence-corrected chi connectivity index (χ0v) is 8.07. The molecule has 0 saturated carbocycles. The number of hydrogen-bond acceptors (Lipinski definition) is 1. The Morgan fingerprint density at radius 3 is 3.00 bits per heavy atom. The van der Waals surface area contributed by atoms with Crippen LogP contribution in [-0.4, -0.2) is 6.54 Å². The van der Waals surface area contributed by atoms with Gasteiger partial charge in [0, 0.05) is 11.5 Å². The number of halogens is 1. The lowest BCUT2D eigenvalue weighted by Crippen LogP contribution is -1.94. The van der Waals surface area contributed by atoms with Gasteiger partial charge in [-0.3, -0.25) is 0 Å². The van der Waals surface area contributed by atoms with Gasteiger partial charge in [-0.2, -0.15) is 0 Å². The van der Waals surface area contributed by atoms with Gasteiger partial charge in [0.1, 0.15) is 5.82 Å². The standard InChI is InChI=1S/C10H12FN3/c1-8-9(4-2-6-10(8)11)5-3-7-13-14-12/h2,4,6H,3,5,7H2,1H3. The van der Waals surface area contributed by atoms with E-state index in [4.69, 9.17) is 5.53 Å². The predicted molar refractivity (Wildman–Crippen MR) is 53.5 cm³/mol. The first-order chi connectivity index (χ1) is 6.75.